The first-order valence-electron chi connectivity index (χ1n) is 12.4. The van der Waals surface area contributed by atoms with Crippen LogP contribution >= 0.6 is 0 Å². The van der Waals surface area contributed by atoms with Gasteiger partial charge in [-0.25, -0.2) is 0 Å². The third kappa shape index (κ3) is 4.03. The van der Waals surface area contributed by atoms with Gasteiger partial charge < -0.3 is 24.0 Å². The predicted octanol–water partition coefficient (Wildman–Crippen LogP) is 3.39. The van der Waals surface area contributed by atoms with Crippen molar-refractivity contribution in [1.29, 1.82) is 0 Å². The zero-order chi connectivity index (χ0) is 23.7. The Bertz CT molecular complexity index is 1010. The maximum Gasteiger partial charge on any atom is 0.318 e. The highest BCUT2D eigenvalue weighted by Crippen LogP contribution is 2.50. The summed E-state index contributed by atoms with van der Waals surface area (Å²) in [7, 11) is 0. The fraction of sp³-hybridized carbons (Fsp3) is 0.577. The van der Waals surface area contributed by atoms with Crippen LogP contribution in [0.4, 0.5) is 0 Å². The number of piperidine rings is 1. The lowest BCUT2D eigenvalue weighted by molar-refractivity contribution is -0.163. The number of rotatable bonds is 6. The van der Waals surface area contributed by atoms with Crippen LogP contribution in [0.2, 0.25) is 0 Å². The van der Waals surface area contributed by atoms with Crippen molar-refractivity contribution in [2.75, 3.05) is 26.5 Å². The number of allylic oxidation sites excluding steroid dienone is 1. The van der Waals surface area contributed by atoms with Crippen LogP contribution in [0.15, 0.2) is 30.0 Å². The Morgan fingerprint density at radius 2 is 1.94 bits per heavy atom. The van der Waals surface area contributed by atoms with Crippen molar-refractivity contribution in [2.45, 2.75) is 58.4 Å². The number of fused-ring (bicyclic) bond motifs is 2. The van der Waals surface area contributed by atoms with Gasteiger partial charge in [-0.1, -0.05) is 12.1 Å². The van der Waals surface area contributed by atoms with E-state index in [1.165, 1.54) is 0 Å². The van der Waals surface area contributed by atoms with Crippen molar-refractivity contribution in [1.82, 2.24) is 9.80 Å². The van der Waals surface area contributed by atoms with Gasteiger partial charge in [-0.3, -0.25) is 14.4 Å². The van der Waals surface area contributed by atoms with Gasteiger partial charge in [-0.05, 0) is 63.1 Å². The third-order valence-corrected chi connectivity index (χ3v) is 7.46. The number of amides is 2. The average molecular weight is 469 g/mol. The molecule has 0 spiro atoms. The third-order valence-electron chi connectivity index (χ3n) is 7.46. The fourth-order valence-corrected chi connectivity index (χ4v) is 5.80. The summed E-state index contributed by atoms with van der Waals surface area (Å²) in [6.45, 7) is 4.05. The van der Waals surface area contributed by atoms with Crippen LogP contribution in [0.3, 0.4) is 0 Å². The molecule has 2 atom stereocenters. The lowest BCUT2D eigenvalue weighted by atomic mass is 9.66. The Hall–Kier alpha value is -3.03. The molecule has 34 heavy (non-hydrogen) atoms. The van der Waals surface area contributed by atoms with Crippen LogP contribution in [-0.2, 0) is 25.7 Å². The second kappa shape index (κ2) is 9.31. The lowest BCUT2D eigenvalue weighted by Crippen LogP contribution is -2.54. The molecule has 182 valence electrons. The second-order valence-electron chi connectivity index (χ2n) is 9.59. The lowest BCUT2D eigenvalue weighted by Gasteiger charge is -2.48. The summed E-state index contributed by atoms with van der Waals surface area (Å²) in [4.78, 5) is 43.7. The molecule has 5 rings (SSSR count). The van der Waals surface area contributed by atoms with E-state index < -0.39 is 11.3 Å². The molecule has 3 heterocycles. The smallest absolute Gasteiger partial charge is 0.318 e. The number of hydrogen-bond donors (Lipinski definition) is 0. The van der Waals surface area contributed by atoms with Gasteiger partial charge in [0, 0.05) is 31.1 Å². The summed E-state index contributed by atoms with van der Waals surface area (Å²) in [6.07, 6.45) is 6.75. The number of benzene rings is 1. The number of esters is 1. The van der Waals surface area contributed by atoms with Crippen molar-refractivity contribution in [3.8, 4) is 11.5 Å². The molecule has 2 fully saturated rings. The topological polar surface area (TPSA) is 85.4 Å². The van der Waals surface area contributed by atoms with E-state index in [1.54, 1.807) is 11.8 Å². The zero-order valence-electron chi connectivity index (χ0n) is 19.7. The molecule has 1 aromatic rings. The Balaban J connectivity index is 1.48. The molecule has 3 aliphatic heterocycles. The van der Waals surface area contributed by atoms with Gasteiger partial charge in [-0.2, -0.15) is 0 Å². The Morgan fingerprint density at radius 1 is 1.15 bits per heavy atom. The van der Waals surface area contributed by atoms with E-state index in [-0.39, 0.29) is 37.6 Å². The second-order valence-corrected chi connectivity index (χ2v) is 9.59. The molecule has 0 saturated carbocycles. The average Bonchev–Trinajstić information content (AvgIpc) is 3.54. The van der Waals surface area contributed by atoms with Crippen LogP contribution < -0.4 is 9.47 Å². The van der Waals surface area contributed by atoms with Gasteiger partial charge >= 0.3 is 5.97 Å². The molecule has 4 aliphatic rings. The molecule has 2 amide bonds. The van der Waals surface area contributed by atoms with Gasteiger partial charge in [0.1, 0.15) is 5.41 Å². The van der Waals surface area contributed by atoms with Crippen molar-refractivity contribution in [3.05, 3.63) is 35.5 Å². The van der Waals surface area contributed by atoms with Crippen LogP contribution in [0.25, 0.3) is 0 Å². The zero-order valence-corrected chi connectivity index (χ0v) is 19.7. The highest BCUT2D eigenvalue weighted by molar-refractivity contribution is 5.92. The fourth-order valence-electron chi connectivity index (χ4n) is 5.80. The number of ether oxygens (including phenoxy) is 3. The minimum Gasteiger partial charge on any atom is -0.465 e. The van der Waals surface area contributed by atoms with E-state index in [4.69, 9.17) is 14.2 Å². The predicted molar refractivity (Wildman–Crippen MR) is 123 cm³/mol. The number of likely N-dealkylation sites (tertiary alicyclic amines) is 2. The largest absolute Gasteiger partial charge is 0.465 e. The van der Waals surface area contributed by atoms with Crippen LogP contribution in [0.1, 0.15) is 57.4 Å². The van der Waals surface area contributed by atoms with Crippen molar-refractivity contribution in [3.63, 3.8) is 0 Å². The highest BCUT2D eigenvalue weighted by atomic mass is 16.7. The van der Waals surface area contributed by atoms with Crippen molar-refractivity contribution >= 4 is 17.8 Å². The summed E-state index contributed by atoms with van der Waals surface area (Å²) < 4.78 is 16.5. The van der Waals surface area contributed by atoms with Crippen LogP contribution in [0.5, 0.6) is 11.5 Å². The minimum atomic E-state index is -0.894. The van der Waals surface area contributed by atoms with Crippen molar-refractivity contribution < 1.29 is 28.6 Å². The van der Waals surface area contributed by atoms with E-state index in [0.29, 0.717) is 30.9 Å². The number of nitrogens with zero attached hydrogens (tertiary/aromatic N) is 2. The van der Waals surface area contributed by atoms with Gasteiger partial charge in [0.05, 0.1) is 13.2 Å². The number of hydrogen-bond acceptors (Lipinski definition) is 6. The molecule has 8 nitrogen and oxygen atoms in total. The SMILES string of the molecule is CCOC(=O)[C@]12CCCC=C1N(Cc1ccc3c(c1)OCO3)C(=O)[C@H](CC(=O)N1CCCC1)C2. The Labute approximate surface area is 199 Å². The molecule has 1 aliphatic carbocycles. The molecule has 8 heteroatoms. The van der Waals surface area contributed by atoms with Crippen molar-refractivity contribution in [2.24, 2.45) is 11.3 Å². The maximum atomic E-state index is 13.8. The molecular weight excluding hydrogens is 436 g/mol. The highest BCUT2D eigenvalue weighted by Gasteiger charge is 2.54. The van der Waals surface area contributed by atoms with E-state index in [1.807, 2.05) is 29.2 Å². The molecule has 0 aromatic heterocycles. The summed E-state index contributed by atoms with van der Waals surface area (Å²) in [6, 6.07) is 5.63. The van der Waals surface area contributed by atoms with Crippen LogP contribution in [-0.4, -0.2) is 54.1 Å². The molecule has 1 aromatic carbocycles. The number of carbonyl (C=O) groups is 3. The summed E-state index contributed by atoms with van der Waals surface area (Å²) in [5.74, 6) is 0.390. The van der Waals surface area contributed by atoms with E-state index in [2.05, 4.69) is 0 Å². The summed E-state index contributed by atoms with van der Waals surface area (Å²) >= 11 is 0. The molecule has 0 radical (unpaired) electrons. The normalized spacial score (nSPS) is 25.7. The monoisotopic (exact) mass is 468 g/mol. The van der Waals surface area contributed by atoms with E-state index >= 15 is 0 Å². The maximum absolute atomic E-state index is 13.8. The van der Waals surface area contributed by atoms with Gasteiger partial charge in [0.15, 0.2) is 11.5 Å². The van der Waals surface area contributed by atoms with E-state index in [9.17, 15) is 14.4 Å². The van der Waals surface area contributed by atoms with Gasteiger partial charge in [0.2, 0.25) is 18.6 Å². The first-order valence-corrected chi connectivity index (χ1v) is 12.4. The first-order chi connectivity index (χ1) is 16.5. The molecule has 0 N–H and O–H groups in total. The molecular formula is C26H32N2O6. The molecule has 2 saturated heterocycles. The summed E-state index contributed by atoms with van der Waals surface area (Å²) in [5.41, 5.74) is 0.715. The van der Waals surface area contributed by atoms with Crippen LogP contribution in [0, 0.1) is 11.3 Å². The minimum absolute atomic E-state index is 0.00104. The standard InChI is InChI=1S/C26H32N2O6/c1-2-32-25(31)26-10-4-3-7-22(26)28(16-18-8-9-20-21(13-18)34-17-33-20)24(30)19(15-26)14-23(29)27-11-5-6-12-27/h7-9,13,19H,2-6,10-12,14-17H2,1H3/t19-,26+/m1/s1. The Kier molecular flexibility index (Phi) is 6.23. The molecule has 0 unspecified atom stereocenters. The molecule has 0 bridgehead atoms. The van der Waals surface area contributed by atoms with Gasteiger partial charge in [0.25, 0.3) is 0 Å². The van der Waals surface area contributed by atoms with Gasteiger partial charge in [-0.15, -0.1) is 0 Å². The summed E-state index contributed by atoms with van der Waals surface area (Å²) in [5, 5.41) is 0. The number of carbonyl (C=O) groups excluding carboxylic acids is 3. The first kappa shape index (κ1) is 22.7. The van der Waals surface area contributed by atoms with E-state index in [0.717, 1.165) is 50.0 Å². The quantitative estimate of drug-likeness (QED) is 0.595. The Morgan fingerprint density at radius 3 is 2.74 bits per heavy atom.